The lowest BCUT2D eigenvalue weighted by Crippen LogP contribution is -2.56. The number of carboxylic acid groups (broad SMARTS) is 1. The van der Waals surface area contributed by atoms with Crippen molar-refractivity contribution in [3.63, 3.8) is 0 Å². The van der Waals surface area contributed by atoms with E-state index in [1.165, 1.54) is 36.0 Å². The predicted octanol–water partition coefficient (Wildman–Crippen LogP) is 5.67. The summed E-state index contributed by atoms with van der Waals surface area (Å²) in [5, 5.41) is 9.33. The molecule has 1 fully saturated rings. The molecule has 1 aliphatic carbocycles. The molecule has 48 heavy (non-hydrogen) atoms. The molecule has 5 rings (SSSR count). The number of halogens is 3. The zero-order valence-electron chi connectivity index (χ0n) is 26.9. The van der Waals surface area contributed by atoms with E-state index in [9.17, 15) is 37.5 Å². The van der Waals surface area contributed by atoms with Gasteiger partial charge in [-0.05, 0) is 58.7 Å². The fourth-order valence-electron chi connectivity index (χ4n) is 6.64. The molecule has 0 saturated carbocycles. The standard InChI is InChI=1S/C36H38F3N3O6/c1-22-16-17-42(31(33(45)40(2)20-32(43)44)19-23-12-14-24(15-13-23)36(37,38)39)34(46)30(18-22)41(3)35(47)48-21-29-27-10-6-4-8-25(27)26-9-5-7-11-28(26)29/h4-15,22,29-31H,16-21H2,1-3H3,(H,43,44)/t22-,30-,31-/m0/s1. The van der Waals surface area contributed by atoms with Crippen LogP contribution in [0.4, 0.5) is 18.0 Å². The summed E-state index contributed by atoms with van der Waals surface area (Å²) in [6.07, 6.45) is -4.63. The van der Waals surface area contributed by atoms with Crippen molar-refractivity contribution in [1.29, 1.82) is 0 Å². The van der Waals surface area contributed by atoms with Crippen LogP contribution in [0.15, 0.2) is 72.8 Å². The van der Waals surface area contributed by atoms with E-state index in [-0.39, 0.29) is 31.4 Å². The van der Waals surface area contributed by atoms with Crippen molar-refractivity contribution in [2.75, 3.05) is 33.8 Å². The molecule has 1 saturated heterocycles. The second kappa shape index (κ2) is 14.1. The van der Waals surface area contributed by atoms with Crippen LogP contribution >= 0.6 is 0 Å². The highest BCUT2D eigenvalue weighted by Crippen LogP contribution is 2.44. The summed E-state index contributed by atoms with van der Waals surface area (Å²) in [4.78, 5) is 56.4. The summed E-state index contributed by atoms with van der Waals surface area (Å²) < 4.78 is 45.4. The Morgan fingerprint density at radius 1 is 0.958 bits per heavy atom. The van der Waals surface area contributed by atoms with Crippen LogP contribution in [0.2, 0.25) is 0 Å². The number of likely N-dealkylation sites (tertiary alicyclic amines) is 1. The Morgan fingerprint density at radius 3 is 2.10 bits per heavy atom. The molecular formula is C36H38F3N3O6. The molecule has 9 nitrogen and oxygen atoms in total. The number of carbonyl (C=O) groups excluding carboxylic acids is 3. The lowest BCUT2D eigenvalue weighted by Gasteiger charge is -2.36. The lowest BCUT2D eigenvalue weighted by molar-refractivity contribution is -0.150. The van der Waals surface area contributed by atoms with Gasteiger partial charge in [0.25, 0.3) is 0 Å². The third-order valence-electron chi connectivity index (χ3n) is 9.27. The molecule has 3 aromatic rings. The Hall–Kier alpha value is -4.87. The maximum atomic E-state index is 14.2. The van der Waals surface area contributed by atoms with Crippen LogP contribution in [0.25, 0.3) is 11.1 Å². The van der Waals surface area contributed by atoms with E-state index < -0.39 is 54.2 Å². The van der Waals surface area contributed by atoms with E-state index in [1.807, 2.05) is 55.5 Å². The number of hydrogen-bond donors (Lipinski definition) is 1. The average Bonchev–Trinajstić information content (AvgIpc) is 3.29. The lowest BCUT2D eigenvalue weighted by atomic mass is 9.98. The monoisotopic (exact) mass is 665 g/mol. The quantitative estimate of drug-likeness (QED) is 0.316. The third-order valence-corrected chi connectivity index (χ3v) is 9.27. The summed E-state index contributed by atoms with van der Waals surface area (Å²) in [5.74, 6) is -2.69. The fourth-order valence-corrected chi connectivity index (χ4v) is 6.64. The smallest absolute Gasteiger partial charge is 0.416 e. The molecule has 12 heteroatoms. The molecule has 0 aromatic heterocycles. The van der Waals surface area contributed by atoms with Gasteiger partial charge in [0.1, 0.15) is 25.2 Å². The Balaban J connectivity index is 1.37. The molecule has 2 aliphatic rings. The van der Waals surface area contributed by atoms with Gasteiger partial charge in [0, 0.05) is 33.0 Å². The van der Waals surface area contributed by atoms with Crippen molar-refractivity contribution in [2.24, 2.45) is 5.92 Å². The number of alkyl halides is 3. The van der Waals surface area contributed by atoms with Gasteiger partial charge >= 0.3 is 18.2 Å². The third kappa shape index (κ3) is 7.32. The maximum Gasteiger partial charge on any atom is 0.416 e. The van der Waals surface area contributed by atoms with Gasteiger partial charge in [-0.1, -0.05) is 67.6 Å². The summed E-state index contributed by atoms with van der Waals surface area (Å²) in [6.45, 7) is 1.47. The van der Waals surface area contributed by atoms with E-state index >= 15 is 0 Å². The van der Waals surface area contributed by atoms with Crippen molar-refractivity contribution in [3.05, 3.63) is 95.1 Å². The number of hydrogen-bond acceptors (Lipinski definition) is 5. The largest absolute Gasteiger partial charge is 0.480 e. The van der Waals surface area contributed by atoms with E-state index in [4.69, 9.17) is 4.74 Å². The number of rotatable bonds is 9. The van der Waals surface area contributed by atoms with Crippen LogP contribution in [0, 0.1) is 5.92 Å². The van der Waals surface area contributed by atoms with Crippen molar-refractivity contribution in [1.82, 2.24) is 14.7 Å². The molecule has 3 atom stereocenters. The molecule has 1 N–H and O–H groups in total. The minimum Gasteiger partial charge on any atom is -0.480 e. The fraction of sp³-hybridized carbons (Fsp3) is 0.389. The number of fused-ring (bicyclic) bond motifs is 3. The predicted molar refractivity (Wildman–Crippen MR) is 171 cm³/mol. The molecule has 254 valence electrons. The topological polar surface area (TPSA) is 107 Å². The van der Waals surface area contributed by atoms with E-state index in [1.54, 1.807) is 0 Å². The number of nitrogens with zero attached hydrogens (tertiary/aromatic N) is 3. The van der Waals surface area contributed by atoms with Gasteiger partial charge in [0.05, 0.1) is 5.56 Å². The second-order valence-corrected chi connectivity index (χ2v) is 12.6. The Kier molecular flexibility index (Phi) is 10.1. The Bertz CT molecular complexity index is 1630. The van der Waals surface area contributed by atoms with E-state index in [2.05, 4.69) is 0 Å². The van der Waals surface area contributed by atoms with Gasteiger partial charge in [-0.25, -0.2) is 4.79 Å². The molecule has 1 heterocycles. The minimum atomic E-state index is -4.55. The molecule has 0 bridgehead atoms. The van der Waals surface area contributed by atoms with Gasteiger partial charge in [0.2, 0.25) is 11.8 Å². The van der Waals surface area contributed by atoms with Gasteiger partial charge in [-0.3, -0.25) is 19.3 Å². The number of carbonyl (C=O) groups is 4. The normalized spacial score (nSPS) is 18.4. The Labute approximate surface area is 276 Å². The van der Waals surface area contributed by atoms with Crippen LogP contribution in [0.3, 0.4) is 0 Å². The van der Waals surface area contributed by atoms with Crippen LogP contribution in [0.1, 0.15) is 47.9 Å². The van der Waals surface area contributed by atoms with Crippen LogP contribution < -0.4 is 0 Å². The number of aliphatic carboxylic acids is 1. The van der Waals surface area contributed by atoms with Gasteiger partial charge < -0.3 is 19.6 Å². The molecule has 3 aromatic carbocycles. The highest BCUT2D eigenvalue weighted by atomic mass is 19.4. The number of likely N-dealkylation sites (N-methyl/N-ethyl adjacent to an activating group) is 2. The highest BCUT2D eigenvalue weighted by Gasteiger charge is 2.41. The average molecular weight is 666 g/mol. The van der Waals surface area contributed by atoms with Crippen LogP contribution in [-0.4, -0.2) is 89.6 Å². The molecule has 3 amide bonds. The zero-order chi connectivity index (χ0) is 34.7. The van der Waals surface area contributed by atoms with Crippen molar-refractivity contribution < 1.29 is 42.2 Å². The number of amides is 3. The summed E-state index contributed by atoms with van der Waals surface area (Å²) in [7, 11) is 2.77. The molecular weight excluding hydrogens is 627 g/mol. The van der Waals surface area contributed by atoms with E-state index in [0.29, 0.717) is 18.4 Å². The van der Waals surface area contributed by atoms with Crippen molar-refractivity contribution >= 4 is 23.9 Å². The number of carboxylic acids is 1. The summed E-state index contributed by atoms with van der Waals surface area (Å²) in [6, 6.07) is 17.9. The number of ether oxygens (including phenoxy) is 1. The summed E-state index contributed by atoms with van der Waals surface area (Å²) in [5.41, 5.74) is 3.72. The summed E-state index contributed by atoms with van der Waals surface area (Å²) >= 11 is 0. The van der Waals surface area contributed by atoms with Gasteiger partial charge in [0.15, 0.2) is 0 Å². The van der Waals surface area contributed by atoms with E-state index in [0.717, 1.165) is 39.3 Å². The van der Waals surface area contributed by atoms with Gasteiger partial charge in [-0.2, -0.15) is 13.2 Å². The van der Waals surface area contributed by atoms with Gasteiger partial charge in [-0.15, -0.1) is 0 Å². The second-order valence-electron chi connectivity index (χ2n) is 12.6. The Morgan fingerprint density at radius 2 is 1.54 bits per heavy atom. The zero-order valence-corrected chi connectivity index (χ0v) is 26.9. The molecule has 0 spiro atoms. The SMILES string of the molecule is C[C@H]1CCN([C@@H](Cc2ccc(C(F)(F)F)cc2)C(=O)N(C)CC(=O)O)C(=O)[C@@H](N(C)C(=O)OCC2c3ccccc3-c3ccccc32)C1. The van der Waals surface area contributed by atoms with Crippen molar-refractivity contribution in [2.45, 2.75) is 50.4 Å². The van der Waals surface area contributed by atoms with Crippen molar-refractivity contribution in [3.8, 4) is 11.1 Å². The maximum absolute atomic E-state index is 14.2. The first-order valence-corrected chi connectivity index (χ1v) is 15.8. The minimum absolute atomic E-state index is 0.0358. The molecule has 0 unspecified atom stereocenters. The molecule has 0 radical (unpaired) electrons. The first-order chi connectivity index (χ1) is 22.8. The van der Waals surface area contributed by atoms with Crippen LogP contribution in [-0.2, 0) is 31.7 Å². The highest BCUT2D eigenvalue weighted by molar-refractivity contribution is 5.92. The van der Waals surface area contributed by atoms with Crippen LogP contribution in [0.5, 0.6) is 0 Å². The molecule has 1 aliphatic heterocycles. The first-order valence-electron chi connectivity index (χ1n) is 15.8. The number of benzene rings is 3. The first kappa shape index (κ1) is 34.5.